The summed E-state index contributed by atoms with van der Waals surface area (Å²) in [6.07, 6.45) is 0. The molecule has 0 aliphatic heterocycles. The van der Waals surface area contributed by atoms with E-state index in [4.69, 9.17) is 16.3 Å². The van der Waals surface area contributed by atoms with Gasteiger partial charge in [-0.15, -0.1) is 0 Å². The van der Waals surface area contributed by atoms with Crippen molar-refractivity contribution in [2.45, 2.75) is 12.1 Å². The Kier molecular flexibility index (Phi) is 6.11. The number of fused-ring (bicyclic) bond motifs is 1. The lowest BCUT2D eigenvalue weighted by Crippen LogP contribution is -2.22. The Labute approximate surface area is 188 Å². The second-order valence-corrected chi connectivity index (χ2v) is 8.28. The van der Waals surface area contributed by atoms with Gasteiger partial charge >= 0.3 is 0 Å². The molecule has 7 heteroatoms. The second kappa shape index (κ2) is 8.96. The van der Waals surface area contributed by atoms with Crippen LogP contribution >= 0.6 is 23.4 Å². The van der Waals surface area contributed by atoms with E-state index >= 15 is 0 Å². The fraction of sp³-hybridized carbons (Fsp3) is 0.125. The van der Waals surface area contributed by atoms with Crippen molar-refractivity contribution < 1.29 is 9.53 Å². The van der Waals surface area contributed by atoms with Gasteiger partial charge in [-0.25, -0.2) is 4.98 Å². The Morgan fingerprint density at radius 2 is 1.84 bits per heavy atom. The van der Waals surface area contributed by atoms with Gasteiger partial charge in [-0.1, -0.05) is 41.6 Å². The number of rotatable bonds is 6. The maximum Gasteiger partial charge on any atom is 0.266 e. The number of Topliss-reactive ketones (excluding diaryl/α,β-unsaturated/α-hetero) is 1. The summed E-state index contributed by atoms with van der Waals surface area (Å²) >= 11 is 7.53. The summed E-state index contributed by atoms with van der Waals surface area (Å²) in [5.74, 6) is 0.755. The van der Waals surface area contributed by atoms with Crippen LogP contribution in [0.4, 0.5) is 0 Å². The minimum atomic E-state index is -0.204. The molecule has 0 atom stereocenters. The zero-order chi connectivity index (χ0) is 22.0. The molecule has 0 radical (unpaired) electrons. The van der Waals surface area contributed by atoms with Crippen LogP contribution in [0.15, 0.2) is 76.7 Å². The molecule has 4 rings (SSSR count). The van der Waals surface area contributed by atoms with Crippen LogP contribution in [0.5, 0.6) is 5.75 Å². The SMILES string of the molecule is COc1ccc(C(=O)CSc2nc3ccccc3c(=O)n2-c2ccc(C)c(Cl)c2)cc1. The number of para-hydroxylation sites is 1. The van der Waals surface area contributed by atoms with Gasteiger partial charge in [-0.3, -0.25) is 14.2 Å². The molecule has 1 heterocycles. The largest absolute Gasteiger partial charge is 0.497 e. The third-order valence-corrected chi connectivity index (χ3v) is 6.25. The summed E-state index contributed by atoms with van der Waals surface area (Å²) in [5, 5.41) is 1.50. The Bertz CT molecular complexity index is 1330. The first kappa shape index (κ1) is 21.2. The van der Waals surface area contributed by atoms with Crippen molar-refractivity contribution in [2.24, 2.45) is 0 Å². The molecule has 0 aliphatic carbocycles. The highest BCUT2D eigenvalue weighted by Gasteiger charge is 2.16. The Balaban J connectivity index is 1.74. The number of carbonyl (C=O) groups excluding carboxylic acids is 1. The molecule has 0 unspecified atom stereocenters. The summed E-state index contributed by atoms with van der Waals surface area (Å²) in [6.45, 7) is 1.90. The number of ether oxygens (including phenoxy) is 1. The monoisotopic (exact) mass is 450 g/mol. The highest BCUT2D eigenvalue weighted by Crippen LogP contribution is 2.25. The summed E-state index contributed by atoms with van der Waals surface area (Å²) in [7, 11) is 1.58. The smallest absolute Gasteiger partial charge is 0.266 e. The van der Waals surface area contributed by atoms with Crippen LogP contribution in [0, 0.1) is 6.92 Å². The fourth-order valence-electron chi connectivity index (χ4n) is 3.15. The van der Waals surface area contributed by atoms with Crippen LogP contribution in [0.1, 0.15) is 15.9 Å². The van der Waals surface area contributed by atoms with Gasteiger partial charge < -0.3 is 4.74 Å². The van der Waals surface area contributed by atoms with E-state index in [0.29, 0.717) is 38.1 Å². The minimum Gasteiger partial charge on any atom is -0.497 e. The number of hydrogen-bond acceptors (Lipinski definition) is 5. The van der Waals surface area contributed by atoms with E-state index in [-0.39, 0.29) is 17.1 Å². The first-order valence-electron chi connectivity index (χ1n) is 9.56. The number of carbonyl (C=O) groups is 1. The van der Waals surface area contributed by atoms with E-state index in [1.807, 2.05) is 25.1 Å². The van der Waals surface area contributed by atoms with Gasteiger partial charge in [0.2, 0.25) is 0 Å². The predicted octanol–water partition coefficient (Wildman–Crippen LogP) is 5.33. The molecule has 0 amide bonds. The first-order chi connectivity index (χ1) is 15.0. The molecule has 31 heavy (non-hydrogen) atoms. The second-order valence-electron chi connectivity index (χ2n) is 6.93. The first-order valence-corrected chi connectivity index (χ1v) is 10.9. The lowest BCUT2D eigenvalue weighted by atomic mass is 10.1. The van der Waals surface area contributed by atoms with Gasteiger partial charge in [0.1, 0.15) is 5.75 Å². The number of aromatic nitrogens is 2. The van der Waals surface area contributed by atoms with Crippen LogP contribution in [0.3, 0.4) is 0 Å². The molecule has 3 aromatic carbocycles. The van der Waals surface area contributed by atoms with Crippen molar-refractivity contribution in [3.8, 4) is 11.4 Å². The molecule has 0 spiro atoms. The van der Waals surface area contributed by atoms with Crippen molar-refractivity contribution in [3.05, 3.63) is 93.2 Å². The highest BCUT2D eigenvalue weighted by molar-refractivity contribution is 7.99. The molecule has 0 saturated carbocycles. The van der Waals surface area contributed by atoms with E-state index in [0.717, 1.165) is 5.56 Å². The van der Waals surface area contributed by atoms with E-state index in [1.165, 1.54) is 16.3 Å². The molecule has 1 aromatic heterocycles. The fourth-order valence-corrected chi connectivity index (χ4v) is 4.23. The van der Waals surface area contributed by atoms with E-state index in [9.17, 15) is 9.59 Å². The number of aryl methyl sites for hydroxylation is 1. The van der Waals surface area contributed by atoms with Gasteiger partial charge in [0.15, 0.2) is 10.9 Å². The molecular formula is C24H19ClN2O3S. The van der Waals surface area contributed by atoms with Crippen LogP contribution in [0.2, 0.25) is 5.02 Å². The molecule has 0 bridgehead atoms. The lowest BCUT2D eigenvalue weighted by molar-refractivity contribution is 0.102. The number of methoxy groups -OCH3 is 1. The van der Waals surface area contributed by atoms with Gasteiger partial charge in [0.05, 0.1) is 29.5 Å². The van der Waals surface area contributed by atoms with E-state index < -0.39 is 0 Å². The Morgan fingerprint density at radius 3 is 2.55 bits per heavy atom. The average molecular weight is 451 g/mol. The van der Waals surface area contributed by atoms with Gasteiger partial charge in [-0.05, 0) is 61.0 Å². The van der Waals surface area contributed by atoms with Crippen molar-refractivity contribution in [1.29, 1.82) is 0 Å². The van der Waals surface area contributed by atoms with Gasteiger partial charge in [0.25, 0.3) is 5.56 Å². The topological polar surface area (TPSA) is 61.2 Å². The predicted molar refractivity (Wildman–Crippen MR) is 125 cm³/mol. The molecule has 0 N–H and O–H groups in total. The number of thioether (sulfide) groups is 1. The number of ketones is 1. The lowest BCUT2D eigenvalue weighted by Gasteiger charge is -2.14. The molecule has 5 nitrogen and oxygen atoms in total. The van der Waals surface area contributed by atoms with Crippen molar-refractivity contribution in [3.63, 3.8) is 0 Å². The van der Waals surface area contributed by atoms with Crippen molar-refractivity contribution in [1.82, 2.24) is 9.55 Å². The van der Waals surface area contributed by atoms with E-state index in [1.54, 1.807) is 55.6 Å². The molecule has 4 aromatic rings. The number of benzene rings is 3. The van der Waals surface area contributed by atoms with Crippen molar-refractivity contribution >= 4 is 40.0 Å². The molecule has 156 valence electrons. The minimum absolute atomic E-state index is 0.0662. The maximum atomic E-state index is 13.3. The number of hydrogen-bond donors (Lipinski definition) is 0. The van der Waals surface area contributed by atoms with Crippen LogP contribution < -0.4 is 10.3 Å². The van der Waals surface area contributed by atoms with E-state index in [2.05, 4.69) is 4.98 Å². The Morgan fingerprint density at radius 1 is 1.10 bits per heavy atom. The van der Waals surface area contributed by atoms with Crippen LogP contribution in [-0.4, -0.2) is 28.2 Å². The van der Waals surface area contributed by atoms with Crippen LogP contribution in [0.25, 0.3) is 16.6 Å². The summed E-state index contributed by atoms with van der Waals surface area (Å²) < 4.78 is 6.65. The molecule has 0 aliphatic rings. The molecular weight excluding hydrogens is 432 g/mol. The zero-order valence-corrected chi connectivity index (χ0v) is 18.5. The summed E-state index contributed by atoms with van der Waals surface area (Å²) in [6, 6.07) is 19.5. The van der Waals surface area contributed by atoms with Gasteiger partial charge in [-0.2, -0.15) is 0 Å². The molecule has 0 saturated heterocycles. The molecule has 0 fully saturated rings. The quantitative estimate of drug-likeness (QED) is 0.226. The van der Waals surface area contributed by atoms with Crippen molar-refractivity contribution in [2.75, 3.05) is 12.9 Å². The maximum absolute atomic E-state index is 13.3. The third kappa shape index (κ3) is 4.36. The normalized spacial score (nSPS) is 10.9. The highest BCUT2D eigenvalue weighted by atomic mass is 35.5. The average Bonchev–Trinajstić information content (AvgIpc) is 2.79. The van der Waals surface area contributed by atoms with Crippen LogP contribution in [-0.2, 0) is 0 Å². The summed E-state index contributed by atoms with van der Waals surface area (Å²) in [4.78, 5) is 30.7. The summed E-state index contributed by atoms with van der Waals surface area (Å²) in [5.41, 5.74) is 2.47. The third-order valence-electron chi connectivity index (χ3n) is 4.90. The Hall–Kier alpha value is -3.09. The number of nitrogens with zero attached hydrogens (tertiary/aromatic N) is 2. The standard InChI is InChI=1S/C24H19ClN2O3S/c1-15-7-10-17(13-20(15)25)27-23(29)19-5-3-4-6-21(19)26-24(27)31-14-22(28)16-8-11-18(30-2)12-9-16/h3-13H,14H2,1-2H3. The number of halogens is 1. The zero-order valence-electron chi connectivity index (χ0n) is 17.0. The van der Waals surface area contributed by atoms with Gasteiger partial charge in [0, 0.05) is 10.6 Å².